The van der Waals surface area contributed by atoms with Crippen LogP contribution in [0, 0.1) is 6.92 Å². The van der Waals surface area contributed by atoms with Crippen molar-refractivity contribution < 1.29 is 22.4 Å². The van der Waals surface area contributed by atoms with Gasteiger partial charge in [0.1, 0.15) is 0 Å². The van der Waals surface area contributed by atoms with Gasteiger partial charge in [-0.3, -0.25) is 0 Å². The first kappa shape index (κ1) is 23.1. The van der Waals surface area contributed by atoms with Crippen LogP contribution in [0.4, 0.5) is 0 Å². The van der Waals surface area contributed by atoms with E-state index in [1.165, 1.54) is 28.6 Å². The summed E-state index contributed by atoms with van der Waals surface area (Å²) in [7, 11) is -3.60. The van der Waals surface area contributed by atoms with Gasteiger partial charge in [-0.15, -0.1) is 10.2 Å². The van der Waals surface area contributed by atoms with E-state index in [2.05, 4.69) is 10.2 Å². The zero-order chi connectivity index (χ0) is 23.6. The van der Waals surface area contributed by atoms with E-state index in [9.17, 15) is 13.2 Å². The van der Waals surface area contributed by atoms with Crippen LogP contribution in [0.25, 0.3) is 11.5 Å². The number of aryl methyl sites for hydroxylation is 1. The van der Waals surface area contributed by atoms with E-state index in [-0.39, 0.29) is 22.4 Å². The third-order valence-electron chi connectivity index (χ3n) is 5.81. The second kappa shape index (κ2) is 9.44. The molecule has 8 nitrogen and oxygen atoms in total. The fraction of sp³-hybridized carbons (Fsp3) is 0.375. The number of esters is 1. The standard InChI is InChI=1S/C24H27N3O5S/c1-16-7-9-19(10-8-16)23-26-25-22(32-23)18(3)31-24(28)20-11-13-21(14-12-20)33(29,30)27-15-5-4-6-17(27)2/h7-14,17-18H,4-6,15H2,1-3H3. The summed E-state index contributed by atoms with van der Waals surface area (Å²) in [5.74, 6) is -0.0838. The number of carbonyl (C=O) groups excluding carboxylic acids is 1. The van der Waals surface area contributed by atoms with Crippen molar-refractivity contribution in [1.82, 2.24) is 14.5 Å². The second-order valence-electron chi connectivity index (χ2n) is 8.34. The average Bonchev–Trinajstić information content (AvgIpc) is 3.30. The zero-order valence-corrected chi connectivity index (χ0v) is 19.7. The molecule has 1 aliphatic rings. The Morgan fingerprint density at radius 2 is 1.79 bits per heavy atom. The second-order valence-corrected chi connectivity index (χ2v) is 10.2. The molecule has 0 N–H and O–H groups in total. The number of aromatic nitrogens is 2. The first-order valence-corrected chi connectivity index (χ1v) is 12.4. The highest BCUT2D eigenvalue weighted by atomic mass is 32.2. The molecule has 0 radical (unpaired) electrons. The summed E-state index contributed by atoms with van der Waals surface area (Å²) in [5.41, 5.74) is 2.13. The van der Waals surface area contributed by atoms with Crippen LogP contribution in [0.15, 0.2) is 57.8 Å². The van der Waals surface area contributed by atoms with Gasteiger partial charge in [-0.1, -0.05) is 24.1 Å². The summed E-state index contributed by atoms with van der Waals surface area (Å²) >= 11 is 0. The Morgan fingerprint density at radius 1 is 1.09 bits per heavy atom. The Hall–Kier alpha value is -3.04. The van der Waals surface area contributed by atoms with Gasteiger partial charge in [-0.05, 0) is 70.0 Å². The minimum absolute atomic E-state index is 0.0338. The zero-order valence-electron chi connectivity index (χ0n) is 18.9. The van der Waals surface area contributed by atoms with Gasteiger partial charge in [0, 0.05) is 18.2 Å². The molecule has 1 aliphatic heterocycles. The topological polar surface area (TPSA) is 103 Å². The first-order chi connectivity index (χ1) is 15.8. The lowest BCUT2D eigenvalue weighted by Crippen LogP contribution is -2.41. The van der Waals surface area contributed by atoms with Crippen LogP contribution < -0.4 is 0 Å². The average molecular weight is 470 g/mol. The molecule has 33 heavy (non-hydrogen) atoms. The first-order valence-electron chi connectivity index (χ1n) is 11.0. The van der Waals surface area contributed by atoms with E-state index in [0.29, 0.717) is 12.4 Å². The summed E-state index contributed by atoms with van der Waals surface area (Å²) in [6.07, 6.45) is 1.97. The van der Waals surface area contributed by atoms with E-state index < -0.39 is 22.1 Å². The fourth-order valence-electron chi connectivity index (χ4n) is 3.82. The van der Waals surface area contributed by atoms with Crippen LogP contribution in [0.3, 0.4) is 0 Å². The van der Waals surface area contributed by atoms with Gasteiger partial charge in [0.15, 0.2) is 6.10 Å². The lowest BCUT2D eigenvalue weighted by Gasteiger charge is -2.32. The predicted molar refractivity (Wildman–Crippen MR) is 122 cm³/mol. The molecule has 2 aromatic carbocycles. The number of piperidine rings is 1. The molecule has 174 valence electrons. The number of nitrogens with zero attached hydrogens (tertiary/aromatic N) is 3. The van der Waals surface area contributed by atoms with Crippen molar-refractivity contribution in [3.63, 3.8) is 0 Å². The fourth-order valence-corrected chi connectivity index (χ4v) is 5.52. The molecular formula is C24H27N3O5S. The van der Waals surface area contributed by atoms with Crippen molar-refractivity contribution in [1.29, 1.82) is 0 Å². The van der Waals surface area contributed by atoms with Gasteiger partial charge >= 0.3 is 5.97 Å². The summed E-state index contributed by atoms with van der Waals surface area (Å²) in [4.78, 5) is 12.8. The molecule has 1 fully saturated rings. The Kier molecular flexibility index (Phi) is 6.62. The molecule has 3 aromatic rings. The van der Waals surface area contributed by atoms with E-state index in [0.717, 1.165) is 30.4 Å². The normalized spacial score (nSPS) is 18.1. The van der Waals surface area contributed by atoms with Crippen LogP contribution in [-0.4, -0.2) is 41.5 Å². The van der Waals surface area contributed by atoms with Crippen molar-refractivity contribution in [2.45, 2.75) is 57.1 Å². The number of benzene rings is 2. The van der Waals surface area contributed by atoms with E-state index >= 15 is 0 Å². The molecule has 0 saturated carbocycles. The Morgan fingerprint density at radius 3 is 2.45 bits per heavy atom. The molecule has 2 heterocycles. The molecule has 2 unspecified atom stereocenters. The van der Waals surface area contributed by atoms with Crippen molar-refractivity contribution in [3.05, 3.63) is 65.5 Å². The summed E-state index contributed by atoms with van der Waals surface area (Å²) < 4.78 is 38.6. The van der Waals surface area contributed by atoms with Gasteiger partial charge in [0.05, 0.1) is 10.5 Å². The summed E-state index contributed by atoms with van der Waals surface area (Å²) in [5, 5.41) is 8.02. The number of hydrogen-bond donors (Lipinski definition) is 0. The molecule has 1 aromatic heterocycles. The highest BCUT2D eigenvalue weighted by Gasteiger charge is 2.31. The monoisotopic (exact) mass is 469 g/mol. The molecular weight excluding hydrogens is 442 g/mol. The molecule has 0 aliphatic carbocycles. The maximum absolute atomic E-state index is 13.0. The Bertz CT molecular complexity index is 1220. The predicted octanol–water partition coefficient (Wildman–Crippen LogP) is 4.53. The molecule has 4 rings (SSSR count). The minimum atomic E-state index is -3.60. The third kappa shape index (κ3) is 4.99. The van der Waals surface area contributed by atoms with Crippen LogP contribution in [0.5, 0.6) is 0 Å². The highest BCUT2D eigenvalue weighted by molar-refractivity contribution is 7.89. The maximum Gasteiger partial charge on any atom is 0.338 e. The third-order valence-corrected chi connectivity index (χ3v) is 7.84. The molecule has 0 spiro atoms. The van der Waals surface area contributed by atoms with Crippen molar-refractivity contribution in [2.24, 2.45) is 0 Å². The van der Waals surface area contributed by atoms with Gasteiger partial charge in [0.2, 0.25) is 15.9 Å². The smallest absolute Gasteiger partial charge is 0.338 e. The van der Waals surface area contributed by atoms with E-state index in [1.54, 1.807) is 6.92 Å². The molecule has 1 saturated heterocycles. The van der Waals surface area contributed by atoms with Gasteiger partial charge in [-0.25, -0.2) is 13.2 Å². The molecule has 0 bridgehead atoms. The van der Waals surface area contributed by atoms with Gasteiger partial charge < -0.3 is 9.15 Å². The van der Waals surface area contributed by atoms with Crippen molar-refractivity contribution in [3.8, 4) is 11.5 Å². The number of carbonyl (C=O) groups is 1. The highest BCUT2D eigenvalue weighted by Crippen LogP contribution is 2.26. The van der Waals surface area contributed by atoms with Crippen LogP contribution in [0.1, 0.15) is 61.0 Å². The van der Waals surface area contributed by atoms with Crippen LogP contribution in [0.2, 0.25) is 0 Å². The van der Waals surface area contributed by atoms with Gasteiger partial charge in [0.25, 0.3) is 5.89 Å². The Labute approximate surface area is 193 Å². The largest absolute Gasteiger partial charge is 0.449 e. The van der Waals surface area contributed by atoms with E-state index in [4.69, 9.17) is 9.15 Å². The molecule has 9 heteroatoms. The van der Waals surface area contributed by atoms with E-state index in [1.807, 2.05) is 38.1 Å². The Balaban J connectivity index is 1.43. The number of ether oxygens (including phenoxy) is 1. The van der Waals surface area contributed by atoms with Crippen LogP contribution >= 0.6 is 0 Å². The lowest BCUT2D eigenvalue weighted by molar-refractivity contribution is 0.0279. The molecule has 2 atom stereocenters. The summed E-state index contributed by atoms with van der Waals surface area (Å²) in [6, 6.07) is 13.4. The van der Waals surface area contributed by atoms with Crippen molar-refractivity contribution >= 4 is 16.0 Å². The number of rotatable bonds is 6. The lowest BCUT2D eigenvalue weighted by atomic mass is 10.1. The number of hydrogen-bond acceptors (Lipinski definition) is 7. The SMILES string of the molecule is Cc1ccc(-c2nnc(C(C)OC(=O)c3ccc(S(=O)(=O)N4CCCCC4C)cc3)o2)cc1. The van der Waals surface area contributed by atoms with Crippen molar-refractivity contribution in [2.75, 3.05) is 6.54 Å². The maximum atomic E-state index is 13.0. The number of sulfonamides is 1. The summed E-state index contributed by atoms with van der Waals surface area (Å²) in [6.45, 7) is 6.06. The quantitative estimate of drug-likeness (QED) is 0.489. The van der Waals surface area contributed by atoms with Crippen LogP contribution in [-0.2, 0) is 14.8 Å². The minimum Gasteiger partial charge on any atom is -0.449 e. The molecule has 0 amide bonds. The van der Waals surface area contributed by atoms with Gasteiger partial charge in [-0.2, -0.15) is 4.31 Å².